The molecule has 0 amide bonds. The molecule has 0 aliphatic heterocycles. The molecular formula is C40H32N2O8. The lowest BCUT2D eigenvalue weighted by molar-refractivity contribution is -0.983. The average molecular weight is 669 g/mol. The summed E-state index contributed by atoms with van der Waals surface area (Å²) in [5.41, 5.74) is -0.282. The van der Waals surface area contributed by atoms with Gasteiger partial charge < -0.3 is 20.1 Å². The molecule has 0 aromatic heterocycles. The molecule has 0 bridgehead atoms. The van der Waals surface area contributed by atoms with Crippen LogP contribution in [0.1, 0.15) is 73.7 Å². The molecule has 4 unspecified atom stereocenters. The summed E-state index contributed by atoms with van der Waals surface area (Å²) in [6.45, 7) is 3.91. The summed E-state index contributed by atoms with van der Waals surface area (Å²) in [5, 5.41) is 25.4. The van der Waals surface area contributed by atoms with E-state index in [1.54, 1.807) is 66.7 Å². The smallest absolute Gasteiger partial charge is 0.251 e. The van der Waals surface area contributed by atoms with Crippen molar-refractivity contribution in [1.82, 2.24) is 0 Å². The van der Waals surface area contributed by atoms with Crippen LogP contribution in [-0.2, 0) is 0 Å². The van der Waals surface area contributed by atoms with Gasteiger partial charge in [-0.05, 0) is 48.6 Å². The van der Waals surface area contributed by atoms with E-state index in [0.29, 0.717) is 18.4 Å². The zero-order valence-electron chi connectivity index (χ0n) is 27.2. The predicted octanol–water partition coefficient (Wildman–Crippen LogP) is 4.86. The van der Waals surface area contributed by atoms with Crippen molar-refractivity contribution < 1.29 is 39.3 Å². The quantitative estimate of drug-likeness (QED) is 0.201. The van der Waals surface area contributed by atoms with E-state index in [0.717, 1.165) is 0 Å². The van der Waals surface area contributed by atoms with Crippen LogP contribution in [0.25, 0.3) is 5.57 Å². The van der Waals surface area contributed by atoms with E-state index < -0.39 is 38.9 Å². The van der Waals surface area contributed by atoms with Gasteiger partial charge in [-0.2, -0.15) is 0 Å². The molecule has 10 nitrogen and oxygen atoms in total. The number of fused-ring (bicyclic) bond motifs is 2. The van der Waals surface area contributed by atoms with Crippen molar-refractivity contribution in [3.63, 3.8) is 0 Å². The molecule has 0 fully saturated rings. The minimum absolute atomic E-state index is 0.0158. The van der Waals surface area contributed by atoms with E-state index in [2.05, 4.69) is 6.08 Å². The summed E-state index contributed by atoms with van der Waals surface area (Å²) in [6.07, 6.45) is 5.07. The van der Waals surface area contributed by atoms with Crippen molar-refractivity contribution in [2.75, 3.05) is 0 Å². The summed E-state index contributed by atoms with van der Waals surface area (Å²) in [4.78, 5) is 66.1. The Morgan fingerprint density at radius 1 is 0.620 bits per heavy atom. The molecule has 3 aliphatic rings. The summed E-state index contributed by atoms with van der Waals surface area (Å²) >= 11 is 0. The first-order valence-corrected chi connectivity index (χ1v) is 16.2. The van der Waals surface area contributed by atoms with Crippen molar-refractivity contribution >= 4 is 28.7 Å². The van der Waals surface area contributed by atoms with Crippen molar-refractivity contribution in [3.05, 3.63) is 170 Å². The van der Waals surface area contributed by atoms with E-state index in [-0.39, 0.29) is 62.3 Å². The van der Waals surface area contributed by atoms with Crippen LogP contribution in [0.3, 0.4) is 0 Å². The van der Waals surface area contributed by atoms with Crippen LogP contribution >= 0.6 is 0 Å². The van der Waals surface area contributed by atoms with Gasteiger partial charge in [0, 0.05) is 27.7 Å². The first kappa shape index (κ1) is 32.8. The van der Waals surface area contributed by atoms with Gasteiger partial charge in [-0.3, -0.25) is 19.2 Å². The van der Waals surface area contributed by atoms with Crippen LogP contribution in [0, 0.1) is 21.7 Å². The molecule has 0 saturated carbocycles. The summed E-state index contributed by atoms with van der Waals surface area (Å²) in [7, 11) is 0. The van der Waals surface area contributed by atoms with Crippen LogP contribution in [0.15, 0.2) is 132 Å². The fourth-order valence-electron chi connectivity index (χ4n) is 7.12. The molecule has 10 heteroatoms. The van der Waals surface area contributed by atoms with Crippen LogP contribution in [-0.4, -0.2) is 23.1 Å². The third-order valence-corrected chi connectivity index (χ3v) is 9.37. The Morgan fingerprint density at radius 3 is 1.62 bits per heavy atom. The number of benzene rings is 4. The molecule has 50 heavy (non-hydrogen) atoms. The number of carbonyl (C=O) groups excluding carboxylic acids is 4. The van der Waals surface area contributed by atoms with Crippen LogP contribution in [0.4, 0.5) is 0 Å². The molecule has 0 heterocycles. The fraction of sp³-hybridized carbons (Fsp3) is 0.150. The Labute approximate surface area is 287 Å². The van der Waals surface area contributed by atoms with Gasteiger partial charge >= 0.3 is 0 Å². The van der Waals surface area contributed by atoms with Crippen LogP contribution in [0.2, 0.25) is 0 Å². The number of hydrogen-bond acceptors (Lipinski definition) is 8. The topological polar surface area (TPSA) is 142 Å². The third kappa shape index (κ3) is 5.70. The molecule has 250 valence electrons. The number of rotatable bonds is 8. The summed E-state index contributed by atoms with van der Waals surface area (Å²) in [6, 6.07) is 26.6. The Hall–Kier alpha value is -5.78. The number of Topliss-reactive ketones (excluding diaryl/α,β-unsaturated/α-hetero) is 4. The molecule has 0 spiro atoms. The van der Waals surface area contributed by atoms with E-state index >= 15 is 0 Å². The largest absolute Gasteiger partial charge is 0.585 e. The fourth-order valence-corrected chi connectivity index (χ4v) is 7.12. The van der Waals surface area contributed by atoms with Crippen molar-refractivity contribution in [3.8, 4) is 11.5 Å². The maximum absolute atomic E-state index is 13.9. The minimum atomic E-state index is -1.02. The number of allylic oxidation sites excluding steroid dienone is 6. The Bertz CT molecular complexity index is 2150. The average Bonchev–Trinajstić information content (AvgIpc) is 3.12. The van der Waals surface area contributed by atoms with Gasteiger partial charge in [-0.15, -0.1) is 10.5 Å². The lowest BCUT2D eigenvalue weighted by Gasteiger charge is -2.38. The maximum atomic E-state index is 13.9. The first-order chi connectivity index (χ1) is 24.1. The molecule has 2 N–H and O–H groups in total. The van der Waals surface area contributed by atoms with Gasteiger partial charge in [0.1, 0.15) is 0 Å². The Morgan fingerprint density at radius 2 is 1.08 bits per heavy atom. The summed E-state index contributed by atoms with van der Waals surface area (Å²) in [5.74, 6) is -1.88. The molecule has 4 atom stereocenters. The molecule has 3 aliphatic carbocycles. The molecule has 0 saturated heterocycles. The molecule has 0 radical (unpaired) electrons. The molecule has 7 rings (SSSR count). The molecule has 4 aromatic rings. The van der Waals surface area contributed by atoms with Gasteiger partial charge in [0.05, 0.1) is 11.1 Å². The van der Waals surface area contributed by atoms with E-state index in [9.17, 15) is 29.6 Å². The zero-order valence-corrected chi connectivity index (χ0v) is 27.2. The second kappa shape index (κ2) is 12.9. The van der Waals surface area contributed by atoms with Crippen LogP contribution in [0.5, 0.6) is 11.5 Å². The van der Waals surface area contributed by atoms with Crippen molar-refractivity contribution in [2.24, 2.45) is 11.3 Å². The lowest BCUT2D eigenvalue weighted by atomic mass is 9.65. The van der Waals surface area contributed by atoms with Gasteiger partial charge in [0.2, 0.25) is 17.2 Å². The van der Waals surface area contributed by atoms with E-state index in [4.69, 9.17) is 9.68 Å². The lowest BCUT2D eigenvalue weighted by Crippen LogP contribution is -3.08. The number of hydrogen-bond donors (Lipinski definition) is 2. The highest BCUT2D eigenvalue weighted by atomic mass is 16.9. The highest BCUT2D eigenvalue weighted by molar-refractivity contribution is 6.39. The van der Waals surface area contributed by atoms with Crippen molar-refractivity contribution in [2.45, 2.75) is 26.7 Å². The summed E-state index contributed by atoms with van der Waals surface area (Å²) < 4.78 is 0. The Balaban J connectivity index is 1.17. The normalized spacial score (nSPS) is 21.5. The number of nitrogens with one attached hydrogen (secondary N) is 2. The number of carbonyl (C=O) groups is 4. The number of ketones is 4. The zero-order chi connectivity index (χ0) is 35.2. The second-order valence-corrected chi connectivity index (χ2v) is 12.9. The van der Waals surface area contributed by atoms with E-state index in [1.165, 1.54) is 36.4 Å². The minimum Gasteiger partial charge on any atom is -0.585 e. The highest BCUT2D eigenvalue weighted by Crippen LogP contribution is 2.45. The second-order valence-electron chi connectivity index (χ2n) is 12.9. The van der Waals surface area contributed by atoms with Crippen molar-refractivity contribution in [1.29, 1.82) is 0 Å². The van der Waals surface area contributed by atoms with Gasteiger partial charge in [0.25, 0.3) is 11.6 Å². The first-order valence-electron chi connectivity index (χ1n) is 16.2. The predicted molar refractivity (Wildman–Crippen MR) is 183 cm³/mol. The van der Waals surface area contributed by atoms with Gasteiger partial charge in [-0.1, -0.05) is 105 Å². The number of quaternary nitrogens is 2. The standard InChI is InChI=1S/C40H32N2O8/c1-24-11-10-22-40(2,23-24)33-35(39(46)31-17-9-7-15-29(31)37(33)44)42(48)50-27-20-18-26(19-21-27)49-41(47)34-32(25-12-4-3-5-13-25)36(43)28-14-6-8-16-30(28)38(34)45/h3-21,24,41-42H,22-23H2,1-2H3. The Kier molecular flexibility index (Phi) is 8.46. The molecule has 4 aromatic carbocycles. The number of hydroxylamine groups is 4. The third-order valence-electron chi connectivity index (χ3n) is 9.37. The monoisotopic (exact) mass is 668 g/mol. The van der Waals surface area contributed by atoms with Gasteiger partial charge in [-0.25, -0.2) is 0 Å². The highest BCUT2D eigenvalue weighted by Gasteiger charge is 2.47. The maximum Gasteiger partial charge on any atom is 0.251 e. The molecular weight excluding hydrogens is 636 g/mol. The SMILES string of the molecule is CC1C=CCC(C)(C2=C([NH+]([O-])Oc3ccc(O[NH+]([O-])C4=C(c5ccccc5)C(=O)c5ccccc5C4=O)cc3)C(=O)c3ccccc3C2=O)C1. The van der Waals surface area contributed by atoms with Gasteiger partial charge in [0.15, 0.2) is 17.3 Å². The van der Waals surface area contributed by atoms with Crippen LogP contribution < -0.4 is 20.1 Å². The van der Waals surface area contributed by atoms with E-state index in [1.807, 2.05) is 19.9 Å².